The predicted molar refractivity (Wildman–Crippen MR) is 87.5 cm³/mol. The number of hydrogen-bond donors (Lipinski definition) is 0. The normalized spacial score (nSPS) is 12.8. The summed E-state index contributed by atoms with van der Waals surface area (Å²) in [4.78, 5) is 0. The van der Waals surface area contributed by atoms with Gasteiger partial charge in [-0.2, -0.15) is 0 Å². The van der Waals surface area contributed by atoms with Crippen LogP contribution in [0.15, 0.2) is 15.2 Å². The van der Waals surface area contributed by atoms with E-state index in [9.17, 15) is 0 Å². The van der Waals surface area contributed by atoms with Crippen molar-refractivity contribution < 1.29 is 0 Å². The van der Waals surface area contributed by atoms with Crippen LogP contribution in [-0.2, 0) is 6.42 Å². The lowest BCUT2D eigenvalue weighted by Crippen LogP contribution is -2.05. The van der Waals surface area contributed by atoms with Crippen molar-refractivity contribution in [3.8, 4) is 0 Å². The Morgan fingerprint density at radius 2 is 1.78 bits per heavy atom. The van der Waals surface area contributed by atoms with E-state index in [0.29, 0.717) is 0 Å². The molecule has 0 aliphatic rings. The van der Waals surface area contributed by atoms with E-state index < -0.39 is 0 Å². The smallest absolute Gasteiger partial charge is 0.0730 e. The van der Waals surface area contributed by atoms with Gasteiger partial charge in [0.1, 0.15) is 0 Å². The van der Waals surface area contributed by atoms with Crippen LogP contribution in [0.4, 0.5) is 0 Å². The number of rotatable bonds is 10. The van der Waals surface area contributed by atoms with E-state index in [1.807, 2.05) is 11.3 Å². The summed E-state index contributed by atoms with van der Waals surface area (Å²) in [6, 6.07) is 2.29. The Kier molecular flexibility index (Phi) is 9.04. The Morgan fingerprint density at radius 3 is 2.39 bits per heavy atom. The molecule has 0 saturated carbocycles. The Hall–Kier alpha value is 0.180. The summed E-state index contributed by atoms with van der Waals surface area (Å²) >= 11 is 5.49. The van der Waals surface area contributed by atoms with Crippen molar-refractivity contribution in [1.29, 1.82) is 0 Å². The second-order valence-electron chi connectivity index (χ2n) is 5.28. The summed E-state index contributed by atoms with van der Waals surface area (Å²) in [5.41, 5.74) is 1.52. The van der Waals surface area contributed by atoms with Gasteiger partial charge in [0.05, 0.1) is 3.79 Å². The summed E-state index contributed by atoms with van der Waals surface area (Å²) in [5.74, 6) is 0.896. The van der Waals surface area contributed by atoms with Gasteiger partial charge >= 0.3 is 0 Å². The molecule has 0 amide bonds. The SMILES string of the molecule is CCCCCCC(CCCC)Cc1ccsc1Br. The van der Waals surface area contributed by atoms with Gasteiger partial charge < -0.3 is 0 Å². The molecule has 0 radical (unpaired) electrons. The van der Waals surface area contributed by atoms with Crippen molar-refractivity contribution >= 4 is 27.3 Å². The van der Waals surface area contributed by atoms with E-state index in [1.54, 1.807) is 0 Å². The first-order valence-corrected chi connectivity index (χ1v) is 9.17. The lowest BCUT2D eigenvalue weighted by molar-refractivity contribution is 0.410. The van der Waals surface area contributed by atoms with Gasteiger partial charge in [0.25, 0.3) is 0 Å². The number of thiophene rings is 1. The van der Waals surface area contributed by atoms with Crippen LogP contribution in [0.25, 0.3) is 0 Å². The van der Waals surface area contributed by atoms with Crippen LogP contribution < -0.4 is 0 Å². The van der Waals surface area contributed by atoms with Crippen molar-refractivity contribution in [2.24, 2.45) is 5.92 Å². The minimum atomic E-state index is 0.896. The third-order valence-electron chi connectivity index (χ3n) is 3.63. The highest BCUT2D eigenvalue weighted by Gasteiger charge is 2.11. The minimum absolute atomic E-state index is 0.896. The average Bonchev–Trinajstić information content (AvgIpc) is 2.77. The first-order valence-electron chi connectivity index (χ1n) is 7.49. The number of halogens is 1. The van der Waals surface area contributed by atoms with Crippen LogP contribution in [0.5, 0.6) is 0 Å². The summed E-state index contributed by atoms with van der Waals surface area (Å²) < 4.78 is 1.34. The molecule has 0 saturated heterocycles. The molecule has 1 unspecified atom stereocenters. The summed E-state index contributed by atoms with van der Waals surface area (Å²) in [5, 5.41) is 2.20. The predicted octanol–water partition coefficient (Wildman–Crippen LogP) is 6.83. The molecule has 0 nitrogen and oxygen atoms in total. The van der Waals surface area contributed by atoms with Crippen LogP contribution in [0, 0.1) is 5.92 Å². The van der Waals surface area contributed by atoms with Crippen LogP contribution in [0.3, 0.4) is 0 Å². The lowest BCUT2D eigenvalue weighted by Gasteiger charge is -2.16. The zero-order chi connectivity index (χ0) is 13.2. The van der Waals surface area contributed by atoms with Crippen LogP contribution in [0.2, 0.25) is 0 Å². The molecule has 0 fully saturated rings. The Labute approximate surface area is 125 Å². The molecule has 0 aliphatic heterocycles. The minimum Gasteiger partial charge on any atom is -0.137 e. The van der Waals surface area contributed by atoms with Crippen LogP contribution in [0.1, 0.15) is 70.8 Å². The standard InChI is InChI=1S/C16H27BrS/c1-3-5-7-8-10-14(9-6-4-2)13-15-11-12-18-16(15)17/h11-12,14H,3-10,13H2,1-2H3. The fraction of sp³-hybridized carbons (Fsp3) is 0.750. The highest BCUT2D eigenvalue weighted by molar-refractivity contribution is 9.11. The summed E-state index contributed by atoms with van der Waals surface area (Å²) in [7, 11) is 0. The molecule has 0 spiro atoms. The maximum absolute atomic E-state index is 3.67. The third-order valence-corrected chi connectivity index (χ3v) is 5.44. The molecule has 1 aromatic rings. The largest absolute Gasteiger partial charge is 0.137 e. The fourth-order valence-corrected chi connectivity index (χ4v) is 3.75. The van der Waals surface area contributed by atoms with E-state index in [4.69, 9.17) is 0 Å². The van der Waals surface area contributed by atoms with Gasteiger partial charge in [-0.1, -0.05) is 65.2 Å². The van der Waals surface area contributed by atoms with E-state index >= 15 is 0 Å². The van der Waals surface area contributed by atoms with Crippen LogP contribution in [-0.4, -0.2) is 0 Å². The average molecular weight is 331 g/mol. The number of hydrogen-bond acceptors (Lipinski definition) is 1. The first kappa shape index (κ1) is 16.2. The van der Waals surface area contributed by atoms with Crippen molar-refractivity contribution in [3.63, 3.8) is 0 Å². The molecule has 0 bridgehead atoms. The zero-order valence-electron chi connectivity index (χ0n) is 11.9. The van der Waals surface area contributed by atoms with Crippen molar-refractivity contribution in [3.05, 3.63) is 20.8 Å². The van der Waals surface area contributed by atoms with Gasteiger partial charge in [-0.3, -0.25) is 0 Å². The highest BCUT2D eigenvalue weighted by Crippen LogP contribution is 2.29. The Balaban J connectivity index is 2.37. The van der Waals surface area contributed by atoms with Crippen LogP contribution >= 0.6 is 27.3 Å². The molecule has 1 atom stereocenters. The topological polar surface area (TPSA) is 0 Å². The molecule has 18 heavy (non-hydrogen) atoms. The summed E-state index contributed by atoms with van der Waals surface area (Å²) in [6.45, 7) is 4.59. The van der Waals surface area contributed by atoms with Gasteiger partial charge in [0, 0.05) is 0 Å². The van der Waals surface area contributed by atoms with E-state index in [1.165, 1.54) is 67.1 Å². The zero-order valence-corrected chi connectivity index (χ0v) is 14.3. The molecule has 0 N–H and O–H groups in total. The molecule has 2 heteroatoms. The first-order chi connectivity index (χ1) is 8.77. The maximum atomic E-state index is 3.67. The Morgan fingerprint density at radius 1 is 1.06 bits per heavy atom. The van der Waals surface area contributed by atoms with Gasteiger partial charge in [-0.05, 0) is 45.3 Å². The molecule has 1 aromatic heterocycles. The maximum Gasteiger partial charge on any atom is 0.0730 e. The van der Waals surface area contributed by atoms with Crippen molar-refractivity contribution in [2.45, 2.75) is 71.6 Å². The third kappa shape index (κ3) is 6.38. The van der Waals surface area contributed by atoms with Crippen molar-refractivity contribution in [2.75, 3.05) is 0 Å². The second-order valence-corrected chi connectivity index (χ2v) is 7.52. The quantitative estimate of drug-likeness (QED) is 0.412. The molecular formula is C16H27BrS. The molecule has 0 aromatic carbocycles. The summed E-state index contributed by atoms with van der Waals surface area (Å²) in [6.07, 6.45) is 12.4. The second kappa shape index (κ2) is 10.0. The van der Waals surface area contributed by atoms with Gasteiger partial charge in [0.2, 0.25) is 0 Å². The Bertz CT molecular complexity index is 306. The van der Waals surface area contributed by atoms with Gasteiger partial charge in [-0.15, -0.1) is 11.3 Å². The van der Waals surface area contributed by atoms with Gasteiger partial charge in [-0.25, -0.2) is 0 Å². The van der Waals surface area contributed by atoms with E-state index in [-0.39, 0.29) is 0 Å². The molecule has 1 heterocycles. The van der Waals surface area contributed by atoms with E-state index in [0.717, 1.165) is 5.92 Å². The van der Waals surface area contributed by atoms with Gasteiger partial charge in [0.15, 0.2) is 0 Å². The monoisotopic (exact) mass is 330 g/mol. The molecular weight excluding hydrogens is 304 g/mol. The lowest BCUT2D eigenvalue weighted by atomic mass is 9.90. The van der Waals surface area contributed by atoms with E-state index in [2.05, 4.69) is 41.2 Å². The highest BCUT2D eigenvalue weighted by atomic mass is 79.9. The van der Waals surface area contributed by atoms with Crippen molar-refractivity contribution in [1.82, 2.24) is 0 Å². The molecule has 0 aliphatic carbocycles. The fourth-order valence-electron chi connectivity index (χ4n) is 2.48. The molecule has 1 rings (SSSR count). The number of unbranched alkanes of at least 4 members (excludes halogenated alkanes) is 4. The molecule has 104 valence electrons.